The molecule has 0 aliphatic heterocycles. The number of hydrogen-bond acceptors (Lipinski definition) is 2. The molecule has 1 aromatic carbocycles. The van der Waals surface area contributed by atoms with Crippen molar-refractivity contribution in [2.45, 2.75) is 38.1 Å². The van der Waals surface area contributed by atoms with Crippen LogP contribution < -0.4 is 10.1 Å². The molecule has 0 spiro atoms. The Hall–Kier alpha value is -1.03. The Morgan fingerprint density at radius 1 is 1.37 bits per heavy atom. The summed E-state index contributed by atoms with van der Waals surface area (Å²) in [6, 6.07) is 7.36. The average molecular weight is 326 g/mol. The molecule has 1 aliphatic carbocycles. The summed E-state index contributed by atoms with van der Waals surface area (Å²) in [5, 5.41) is 3.90. The van der Waals surface area contributed by atoms with E-state index in [1.165, 1.54) is 0 Å². The summed E-state index contributed by atoms with van der Waals surface area (Å²) in [5.41, 5.74) is 0.683. The molecule has 3 nitrogen and oxygen atoms in total. The highest BCUT2D eigenvalue weighted by Crippen LogP contribution is 2.37. The lowest BCUT2D eigenvalue weighted by Crippen LogP contribution is -2.38. The molecular weight excluding hydrogens is 306 g/mol. The minimum Gasteiger partial charge on any atom is -0.494 e. The van der Waals surface area contributed by atoms with Gasteiger partial charge in [-0.3, -0.25) is 4.79 Å². The van der Waals surface area contributed by atoms with E-state index in [1.807, 2.05) is 24.3 Å². The number of carbonyl (C=O) groups is 1. The second-order valence-electron chi connectivity index (χ2n) is 5.09. The number of rotatable bonds is 7. The van der Waals surface area contributed by atoms with E-state index in [0.717, 1.165) is 43.4 Å². The zero-order chi connectivity index (χ0) is 13.7. The van der Waals surface area contributed by atoms with Crippen LogP contribution in [0.25, 0.3) is 0 Å². The van der Waals surface area contributed by atoms with E-state index < -0.39 is 0 Å². The van der Waals surface area contributed by atoms with Crippen LogP contribution in [0.2, 0.25) is 0 Å². The fourth-order valence-electron chi connectivity index (χ4n) is 1.79. The monoisotopic (exact) mass is 325 g/mol. The van der Waals surface area contributed by atoms with Gasteiger partial charge in [-0.25, -0.2) is 0 Å². The van der Waals surface area contributed by atoms with E-state index in [2.05, 4.69) is 28.2 Å². The number of alkyl halides is 1. The maximum atomic E-state index is 12.1. The number of unbranched alkanes of at least 4 members (excludes halogenated alkanes) is 1. The number of hydrogen-bond donors (Lipinski definition) is 1. The van der Waals surface area contributed by atoms with Crippen LogP contribution in [-0.4, -0.2) is 23.4 Å². The van der Waals surface area contributed by atoms with E-state index in [0.29, 0.717) is 5.56 Å². The van der Waals surface area contributed by atoms with Gasteiger partial charge in [0.2, 0.25) is 0 Å². The predicted molar refractivity (Wildman–Crippen MR) is 80.1 cm³/mol. The van der Waals surface area contributed by atoms with Crippen molar-refractivity contribution in [2.75, 3.05) is 11.9 Å². The van der Waals surface area contributed by atoms with Crippen LogP contribution in [0.5, 0.6) is 5.75 Å². The summed E-state index contributed by atoms with van der Waals surface area (Å²) in [7, 11) is 0. The first-order valence-electron chi connectivity index (χ1n) is 6.80. The zero-order valence-electron chi connectivity index (χ0n) is 11.2. The molecule has 104 valence electrons. The largest absolute Gasteiger partial charge is 0.494 e. The molecule has 0 atom stereocenters. The lowest BCUT2D eigenvalue weighted by Gasteiger charge is -2.14. The van der Waals surface area contributed by atoms with Crippen molar-refractivity contribution in [3.8, 4) is 5.75 Å². The van der Waals surface area contributed by atoms with Gasteiger partial charge < -0.3 is 10.1 Å². The number of halogens is 1. The fraction of sp³-hybridized carbons (Fsp3) is 0.533. The molecule has 1 amide bonds. The number of nitrogens with one attached hydrogen (secondary N) is 1. The minimum atomic E-state index is -0.00657. The topological polar surface area (TPSA) is 38.3 Å². The van der Waals surface area contributed by atoms with Gasteiger partial charge in [0, 0.05) is 10.9 Å². The van der Waals surface area contributed by atoms with Gasteiger partial charge >= 0.3 is 0 Å². The number of amides is 1. The van der Waals surface area contributed by atoms with Gasteiger partial charge in [0.05, 0.1) is 12.1 Å². The minimum absolute atomic E-state index is 0.00272. The number of benzene rings is 1. The predicted octanol–water partition coefficient (Wildman–Crippen LogP) is 3.52. The summed E-state index contributed by atoms with van der Waals surface area (Å²) in [6.45, 7) is 2.86. The van der Waals surface area contributed by atoms with E-state index >= 15 is 0 Å². The standard InChI is InChI=1S/C15H20BrNO2/c1-2-3-10-19-13-6-4-12(5-7-13)14(18)17-15(11-16)8-9-15/h4-7H,2-3,8-11H2,1H3,(H,17,18). The van der Waals surface area contributed by atoms with E-state index in [9.17, 15) is 4.79 Å². The van der Waals surface area contributed by atoms with Crippen molar-refractivity contribution < 1.29 is 9.53 Å². The first-order valence-corrected chi connectivity index (χ1v) is 7.92. The van der Waals surface area contributed by atoms with Crippen molar-refractivity contribution in [1.82, 2.24) is 5.32 Å². The van der Waals surface area contributed by atoms with E-state index in [-0.39, 0.29) is 11.4 Å². The van der Waals surface area contributed by atoms with Gasteiger partial charge in [0.15, 0.2) is 0 Å². The molecule has 1 fully saturated rings. The Labute approximate surface area is 122 Å². The molecule has 0 radical (unpaired) electrons. The molecule has 1 aliphatic rings. The lowest BCUT2D eigenvalue weighted by molar-refractivity contribution is 0.0936. The summed E-state index contributed by atoms with van der Waals surface area (Å²) in [6.07, 6.45) is 4.29. The maximum absolute atomic E-state index is 12.1. The third-order valence-corrected chi connectivity index (χ3v) is 4.44. The lowest BCUT2D eigenvalue weighted by atomic mass is 10.2. The molecule has 0 saturated heterocycles. The highest BCUT2D eigenvalue weighted by atomic mass is 79.9. The van der Waals surface area contributed by atoms with E-state index in [1.54, 1.807) is 0 Å². The van der Waals surface area contributed by atoms with Gasteiger partial charge in [0.1, 0.15) is 5.75 Å². The molecule has 0 bridgehead atoms. The molecule has 19 heavy (non-hydrogen) atoms. The van der Waals surface area contributed by atoms with Crippen LogP contribution in [0.3, 0.4) is 0 Å². The van der Waals surface area contributed by atoms with Gasteiger partial charge in [-0.05, 0) is 43.5 Å². The van der Waals surface area contributed by atoms with Crippen LogP contribution in [0.1, 0.15) is 43.0 Å². The molecule has 0 aromatic heterocycles. The summed E-state index contributed by atoms with van der Waals surface area (Å²) in [5.74, 6) is 0.823. The second-order valence-corrected chi connectivity index (χ2v) is 5.66. The van der Waals surface area contributed by atoms with Crippen LogP contribution in [-0.2, 0) is 0 Å². The van der Waals surface area contributed by atoms with Crippen molar-refractivity contribution in [1.29, 1.82) is 0 Å². The van der Waals surface area contributed by atoms with Crippen LogP contribution in [0.4, 0.5) is 0 Å². The van der Waals surface area contributed by atoms with Gasteiger partial charge in [-0.15, -0.1) is 0 Å². The first kappa shape index (κ1) is 14.4. The average Bonchev–Trinajstić information content (AvgIpc) is 3.20. The quantitative estimate of drug-likeness (QED) is 0.615. The highest BCUT2D eigenvalue weighted by molar-refractivity contribution is 9.09. The Kier molecular flexibility index (Phi) is 4.86. The molecular formula is C15H20BrNO2. The van der Waals surface area contributed by atoms with Crippen molar-refractivity contribution in [2.24, 2.45) is 0 Å². The zero-order valence-corrected chi connectivity index (χ0v) is 12.8. The highest BCUT2D eigenvalue weighted by Gasteiger charge is 2.42. The number of ether oxygens (including phenoxy) is 1. The molecule has 0 unspecified atom stereocenters. The van der Waals surface area contributed by atoms with Crippen molar-refractivity contribution >= 4 is 21.8 Å². The van der Waals surface area contributed by atoms with Gasteiger partial charge in [-0.2, -0.15) is 0 Å². The fourth-order valence-corrected chi connectivity index (χ4v) is 2.49. The Morgan fingerprint density at radius 2 is 2.05 bits per heavy atom. The Morgan fingerprint density at radius 3 is 2.58 bits per heavy atom. The van der Waals surface area contributed by atoms with Crippen molar-refractivity contribution in [3.05, 3.63) is 29.8 Å². The summed E-state index contributed by atoms with van der Waals surface area (Å²) in [4.78, 5) is 12.1. The third-order valence-electron chi connectivity index (χ3n) is 3.37. The van der Waals surface area contributed by atoms with E-state index in [4.69, 9.17) is 4.74 Å². The summed E-state index contributed by atoms with van der Waals surface area (Å²) < 4.78 is 5.58. The number of carbonyl (C=O) groups excluding carboxylic acids is 1. The molecule has 4 heteroatoms. The smallest absolute Gasteiger partial charge is 0.251 e. The van der Waals surface area contributed by atoms with Crippen molar-refractivity contribution in [3.63, 3.8) is 0 Å². The third kappa shape index (κ3) is 3.96. The summed E-state index contributed by atoms with van der Waals surface area (Å²) >= 11 is 3.45. The molecule has 2 rings (SSSR count). The molecule has 1 N–H and O–H groups in total. The maximum Gasteiger partial charge on any atom is 0.251 e. The Bertz CT molecular complexity index is 426. The first-order chi connectivity index (χ1) is 9.19. The second kappa shape index (κ2) is 6.42. The Balaban J connectivity index is 1.88. The molecule has 0 heterocycles. The van der Waals surface area contributed by atoms with Crippen LogP contribution >= 0.6 is 15.9 Å². The van der Waals surface area contributed by atoms with Crippen LogP contribution in [0, 0.1) is 0 Å². The van der Waals surface area contributed by atoms with Gasteiger partial charge in [-0.1, -0.05) is 29.3 Å². The SMILES string of the molecule is CCCCOc1ccc(C(=O)NC2(CBr)CC2)cc1. The van der Waals surface area contributed by atoms with Gasteiger partial charge in [0.25, 0.3) is 5.91 Å². The molecule has 1 aromatic rings. The van der Waals surface area contributed by atoms with Crippen LogP contribution in [0.15, 0.2) is 24.3 Å². The normalized spacial score (nSPS) is 15.9. The molecule has 1 saturated carbocycles.